The maximum absolute atomic E-state index is 11.5. The van der Waals surface area contributed by atoms with Gasteiger partial charge in [-0.05, 0) is 29.7 Å². The Labute approximate surface area is 111 Å². The van der Waals surface area contributed by atoms with Crippen molar-refractivity contribution in [1.29, 1.82) is 0 Å². The third-order valence-electron chi connectivity index (χ3n) is 3.51. The Hall–Kier alpha value is -2.16. The van der Waals surface area contributed by atoms with E-state index < -0.39 is 0 Å². The molecule has 19 heavy (non-hydrogen) atoms. The number of rotatable bonds is 2. The molecule has 3 heteroatoms. The molecule has 1 aliphatic rings. The predicted octanol–water partition coefficient (Wildman–Crippen LogP) is 3.35. The molecular weight excluding hydrogens is 240 g/mol. The number of Topliss-reactive ketones (excluding diaryl/α,β-unsaturated/α-hetero) is 2. The van der Waals surface area contributed by atoms with Crippen molar-refractivity contribution in [1.82, 2.24) is 0 Å². The molecule has 1 saturated carbocycles. The van der Waals surface area contributed by atoms with Crippen molar-refractivity contribution in [2.75, 3.05) is 0 Å². The molecule has 0 aliphatic heterocycles. The van der Waals surface area contributed by atoms with Gasteiger partial charge in [0, 0.05) is 18.4 Å². The van der Waals surface area contributed by atoms with Crippen LogP contribution in [0.1, 0.15) is 30.7 Å². The fourth-order valence-corrected chi connectivity index (χ4v) is 2.61. The summed E-state index contributed by atoms with van der Waals surface area (Å²) in [5.41, 5.74) is 2.02. The van der Waals surface area contributed by atoms with Gasteiger partial charge in [-0.2, -0.15) is 0 Å². The standard InChI is InChI=1S/C16H14O3/c17-14-8-13(9-15(18)10-14)11-3-1-4-12(7-11)16-5-2-6-19-16/h1-7,13H,8-10H2. The molecule has 0 saturated heterocycles. The number of carbonyl (C=O) groups is 2. The van der Waals surface area contributed by atoms with Crippen LogP contribution in [0.3, 0.4) is 0 Å². The fraction of sp³-hybridized carbons (Fsp3) is 0.250. The van der Waals surface area contributed by atoms with Crippen molar-refractivity contribution in [2.24, 2.45) is 0 Å². The van der Waals surface area contributed by atoms with E-state index in [1.165, 1.54) is 0 Å². The van der Waals surface area contributed by atoms with Crippen LogP contribution >= 0.6 is 0 Å². The Morgan fingerprint density at radius 3 is 2.47 bits per heavy atom. The molecule has 96 valence electrons. The molecule has 1 aromatic heterocycles. The zero-order valence-corrected chi connectivity index (χ0v) is 10.5. The van der Waals surface area contributed by atoms with Crippen LogP contribution in [0.4, 0.5) is 0 Å². The number of furan rings is 1. The lowest BCUT2D eigenvalue weighted by atomic mass is 9.82. The summed E-state index contributed by atoms with van der Waals surface area (Å²) in [6, 6.07) is 11.6. The van der Waals surface area contributed by atoms with Gasteiger partial charge in [-0.1, -0.05) is 18.2 Å². The molecule has 3 rings (SSSR count). The van der Waals surface area contributed by atoms with E-state index in [-0.39, 0.29) is 23.9 Å². The van der Waals surface area contributed by atoms with Gasteiger partial charge in [0.1, 0.15) is 17.3 Å². The van der Waals surface area contributed by atoms with Crippen LogP contribution in [0.2, 0.25) is 0 Å². The zero-order chi connectivity index (χ0) is 13.2. The minimum absolute atomic E-state index is 0.0173. The van der Waals surface area contributed by atoms with Crippen LogP contribution in [0.25, 0.3) is 11.3 Å². The van der Waals surface area contributed by atoms with Crippen molar-refractivity contribution in [3.05, 3.63) is 48.2 Å². The summed E-state index contributed by atoms with van der Waals surface area (Å²) in [6.07, 6.45) is 2.67. The van der Waals surface area contributed by atoms with Gasteiger partial charge < -0.3 is 4.42 Å². The van der Waals surface area contributed by atoms with Gasteiger partial charge in [-0.3, -0.25) is 9.59 Å². The van der Waals surface area contributed by atoms with Gasteiger partial charge in [0.05, 0.1) is 12.7 Å². The van der Waals surface area contributed by atoms with E-state index in [1.54, 1.807) is 6.26 Å². The molecule has 0 amide bonds. The number of hydrogen-bond donors (Lipinski definition) is 0. The number of ketones is 2. The minimum Gasteiger partial charge on any atom is -0.464 e. The molecule has 1 fully saturated rings. The second-order valence-corrected chi connectivity index (χ2v) is 4.96. The highest BCUT2D eigenvalue weighted by atomic mass is 16.3. The molecule has 0 radical (unpaired) electrons. The van der Waals surface area contributed by atoms with Crippen LogP contribution in [-0.2, 0) is 9.59 Å². The lowest BCUT2D eigenvalue weighted by Crippen LogP contribution is -2.21. The second-order valence-electron chi connectivity index (χ2n) is 4.96. The largest absolute Gasteiger partial charge is 0.464 e. The first kappa shape index (κ1) is 11.9. The zero-order valence-electron chi connectivity index (χ0n) is 10.5. The van der Waals surface area contributed by atoms with E-state index in [0.717, 1.165) is 16.9 Å². The normalized spacial score (nSPS) is 16.8. The first-order valence-electron chi connectivity index (χ1n) is 6.39. The molecule has 0 unspecified atom stereocenters. The monoisotopic (exact) mass is 254 g/mol. The van der Waals surface area contributed by atoms with Crippen molar-refractivity contribution in [3.63, 3.8) is 0 Å². The highest BCUT2D eigenvalue weighted by Crippen LogP contribution is 2.31. The first-order chi connectivity index (χ1) is 9.22. The highest BCUT2D eigenvalue weighted by Gasteiger charge is 2.26. The Kier molecular flexibility index (Phi) is 3.03. The lowest BCUT2D eigenvalue weighted by molar-refractivity contribution is -0.130. The third kappa shape index (κ3) is 2.50. The molecule has 2 aromatic rings. The molecular formula is C16H14O3. The number of benzene rings is 1. The summed E-state index contributed by atoms with van der Waals surface area (Å²) in [5, 5.41) is 0. The van der Waals surface area contributed by atoms with Crippen molar-refractivity contribution >= 4 is 11.6 Å². The van der Waals surface area contributed by atoms with E-state index in [4.69, 9.17) is 4.42 Å². The highest BCUT2D eigenvalue weighted by molar-refractivity contribution is 6.02. The van der Waals surface area contributed by atoms with Crippen LogP contribution in [-0.4, -0.2) is 11.6 Å². The Morgan fingerprint density at radius 2 is 1.79 bits per heavy atom. The Morgan fingerprint density at radius 1 is 1.00 bits per heavy atom. The topological polar surface area (TPSA) is 47.3 Å². The summed E-state index contributed by atoms with van der Waals surface area (Å²) in [6.45, 7) is 0. The van der Waals surface area contributed by atoms with E-state index in [2.05, 4.69) is 0 Å². The van der Waals surface area contributed by atoms with Gasteiger partial charge in [0.25, 0.3) is 0 Å². The molecule has 1 aromatic carbocycles. The third-order valence-corrected chi connectivity index (χ3v) is 3.51. The summed E-state index contributed by atoms with van der Waals surface area (Å²) >= 11 is 0. The average molecular weight is 254 g/mol. The number of carbonyl (C=O) groups excluding carboxylic acids is 2. The fourth-order valence-electron chi connectivity index (χ4n) is 2.61. The molecule has 0 atom stereocenters. The van der Waals surface area contributed by atoms with Gasteiger partial charge in [0.2, 0.25) is 0 Å². The molecule has 0 N–H and O–H groups in total. The van der Waals surface area contributed by atoms with Crippen LogP contribution in [0.15, 0.2) is 47.1 Å². The van der Waals surface area contributed by atoms with Crippen molar-refractivity contribution in [3.8, 4) is 11.3 Å². The predicted molar refractivity (Wildman–Crippen MR) is 70.8 cm³/mol. The molecule has 1 aliphatic carbocycles. The van der Waals surface area contributed by atoms with Crippen molar-refractivity contribution < 1.29 is 14.0 Å². The quantitative estimate of drug-likeness (QED) is 0.772. The summed E-state index contributed by atoms with van der Waals surface area (Å²) in [7, 11) is 0. The summed E-state index contributed by atoms with van der Waals surface area (Å²) in [4.78, 5) is 23.1. The van der Waals surface area contributed by atoms with Crippen LogP contribution in [0, 0.1) is 0 Å². The van der Waals surface area contributed by atoms with Gasteiger partial charge in [-0.25, -0.2) is 0 Å². The molecule has 0 bridgehead atoms. The van der Waals surface area contributed by atoms with Crippen molar-refractivity contribution in [2.45, 2.75) is 25.2 Å². The SMILES string of the molecule is O=C1CC(=O)CC(c2cccc(-c3ccco3)c2)C1. The van der Waals surface area contributed by atoms with Gasteiger partial charge in [-0.15, -0.1) is 0 Å². The maximum Gasteiger partial charge on any atom is 0.140 e. The van der Waals surface area contributed by atoms with E-state index in [9.17, 15) is 9.59 Å². The molecule has 3 nitrogen and oxygen atoms in total. The molecule has 1 heterocycles. The Balaban J connectivity index is 1.91. The number of hydrogen-bond acceptors (Lipinski definition) is 3. The van der Waals surface area contributed by atoms with Gasteiger partial charge >= 0.3 is 0 Å². The second kappa shape index (κ2) is 4.84. The van der Waals surface area contributed by atoms with E-state index in [1.807, 2.05) is 36.4 Å². The smallest absolute Gasteiger partial charge is 0.140 e. The molecule has 0 spiro atoms. The maximum atomic E-state index is 11.5. The summed E-state index contributed by atoms with van der Waals surface area (Å²) in [5.74, 6) is 0.910. The van der Waals surface area contributed by atoms with E-state index >= 15 is 0 Å². The summed E-state index contributed by atoms with van der Waals surface area (Å²) < 4.78 is 5.37. The van der Waals surface area contributed by atoms with Crippen LogP contribution in [0.5, 0.6) is 0 Å². The minimum atomic E-state index is 0.0173. The van der Waals surface area contributed by atoms with Gasteiger partial charge in [0.15, 0.2) is 0 Å². The van der Waals surface area contributed by atoms with E-state index in [0.29, 0.717) is 12.8 Å². The van der Waals surface area contributed by atoms with Crippen LogP contribution < -0.4 is 0 Å². The first-order valence-corrected chi connectivity index (χ1v) is 6.39. The lowest BCUT2D eigenvalue weighted by Gasteiger charge is -2.20. The average Bonchev–Trinajstić information content (AvgIpc) is 2.92. The Bertz CT molecular complexity index is 595.